The molecule has 0 saturated carbocycles. The molecule has 0 saturated heterocycles. The monoisotopic (exact) mass is 365 g/mol. The Morgan fingerprint density at radius 3 is 1.88 bits per heavy atom. The van der Waals surface area contributed by atoms with Crippen LogP contribution in [0.3, 0.4) is 0 Å². The summed E-state index contributed by atoms with van der Waals surface area (Å²) < 4.78 is 20.4. The predicted molar refractivity (Wildman–Crippen MR) is 96.4 cm³/mol. The third-order valence-electron chi connectivity index (χ3n) is 3.74. The maximum atomic E-state index is 11.5. The van der Waals surface area contributed by atoms with Crippen LogP contribution in [0.15, 0.2) is 0 Å². The van der Waals surface area contributed by atoms with Gasteiger partial charge in [-0.15, -0.1) is 0 Å². The highest BCUT2D eigenvalue weighted by Crippen LogP contribution is 2.41. The number of hydrogen-bond acceptors (Lipinski definition) is 4. The van der Waals surface area contributed by atoms with Crippen LogP contribution in [0, 0.1) is 0 Å². The molecule has 0 aliphatic rings. The van der Waals surface area contributed by atoms with Gasteiger partial charge in [-0.05, 0) is 12.8 Å². The number of unbranched alkanes of at least 4 members (excludes halogenated alkanes) is 10. The van der Waals surface area contributed by atoms with Gasteiger partial charge in [0.2, 0.25) is 5.91 Å². The van der Waals surface area contributed by atoms with Crippen molar-refractivity contribution in [3.05, 3.63) is 0 Å². The van der Waals surface area contributed by atoms with Crippen LogP contribution < -0.4 is 5.48 Å². The average Bonchev–Trinajstić information content (AvgIpc) is 2.56. The Balaban J connectivity index is 3.39. The molecule has 1 amide bonds. The molecule has 24 heavy (non-hydrogen) atoms. The minimum absolute atomic E-state index is 0.113. The van der Waals surface area contributed by atoms with Crippen molar-refractivity contribution in [2.75, 3.05) is 6.61 Å². The minimum Gasteiger partial charge on any atom is -0.301 e. The van der Waals surface area contributed by atoms with Crippen LogP contribution in [0.25, 0.3) is 0 Å². The first-order chi connectivity index (χ1) is 11.5. The van der Waals surface area contributed by atoms with Crippen molar-refractivity contribution in [1.82, 2.24) is 5.48 Å². The van der Waals surface area contributed by atoms with Gasteiger partial charge in [0.05, 0.1) is 6.61 Å². The van der Waals surface area contributed by atoms with Crippen LogP contribution in [0.2, 0.25) is 0 Å². The van der Waals surface area contributed by atoms with Crippen molar-refractivity contribution >= 4 is 13.7 Å². The fourth-order valence-electron chi connectivity index (χ4n) is 2.34. The Hall–Kier alpha value is -0.420. The van der Waals surface area contributed by atoms with Gasteiger partial charge in [-0.25, -0.2) is 10.0 Å². The van der Waals surface area contributed by atoms with Crippen molar-refractivity contribution < 1.29 is 23.4 Å². The summed E-state index contributed by atoms with van der Waals surface area (Å²) in [5, 5.41) is 0. The van der Waals surface area contributed by atoms with E-state index in [9.17, 15) is 14.3 Å². The zero-order valence-electron chi connectivity index (χ0n) is 15.4. The molecule has 0 aliphatic heterocycles. The summed E-state index contributed by atoms with van der Waals surface area (Å²) in [5.74, 6) is -0.389. The number of phosphoric acid groups is 1. The molecule has 1 unspecified atom stereocenters. The van der Waals surface area contributed by atoms with Crippen LogP contribution in [-0.4, -0.2) is 17.4 Å². The van der Waals surface area contributed by atoms with Gasteiger partial charge in [0.15, 0.2) is 0 Å². The third-order valence-corrected chi connectivity index (χ3v) is 4.57. The molecule has 0 fully saturated rings. The van der Waals surface area contributed by atoms with Crippen LogP contribution in [-0.2, 0) is 18.5 Å². The lowest BCUT2D eigenvalue weighted by Crippen LogP contribution is -2.22. The van der Waals surface area contributed by atoms with E-state index < -0.39 is 7.82 Å². The van der Waals surface area contributed by atoms with Gasteiger partial charge in [-0.1, -0.05) is 78.1 Å². The Morgan fingerprint density at radius 1 is 0.875 bits per heavy atom. The first kappa shape index (κ1) is 23.6. The predicted octanol–water partition coefficient (Wildman–Crippen LogP) is 5.26. The molecule has 0 aromatic carbocycles. The Bertz CT molecular complexity index is 352. The molecular formula is C17H36NO5P. The molecule has 0 aromatic heterocycles. The summed E-state index contributed by atoms with van der Waals surface area (Å²) in [6.45, 7) is 4.16. The summed E-state index contributed by atoms with van der Waals surface area (Å²) in [6.07, 6.45) is 14.2. The number of phosphoric ester groups is 1. The second-order valence-corrected chi connectivity index (χ2v) is 7.58. The highest BCUT2D eigenvalue weighted by molar-refractivity contribution is 7.47. The molecule has 144 valence electrons. The van der Waals surface area contributed by atoms with E-state index in [2.05, 4.69) is 16.1 Å². The average molecular weight is 365 g/mol. The summed E-state index contributed by atoms with van der Waals surface area (Å²) in [4.78, 5) is 20.8. The highest BCUT2D eigenvalue weighted by Gasteiger charge is 2.22. The summed E-state index contributed by atoms with van der Waals surface area (Å²) in [7, 11) is -4.16. The summed E-state index contributed by atoms with van der Waals surface area (Å²) in [6, 6.07) is 0. The van der Waals surface area contributed by atoms with Gasteiger partial charge in [0.25, 0.3) is 0 Å². The van der Waals surface area contributed by atoms with E-state index in [4.69, 9.17) is 0 Å². The van der Waals surface area contributed by atoms with Gasteiger partial charge in [0.1, 0.15) is 0 Å². The summed E-state index contributed by atoms with van der Waals surface area (Å²) in [5.41, 5.74) is 1.99. The van der Waals surface area contributed by atoms with Crippen molar-refractivity contribution in [1.29, 1.82) is 0 Å². The number of amides is 1. The van der Waals surface area contributed by atoms with Gasteiger partial charge in [0, 0.05) is 6.42 Å². The smallest absolute Gasteiger partial charge is 0.301 e. The Labute approximate surface area is 147 Å². The van der Waals surface area contributed by atoms with Crippen LogP contribution in [0.5, 0.6) is 0 Å². The fraction of sp³-hybridized carbons (Fsp3) is 0.941. The van der Waals surface area contributed by atoms with Crippen LogP contribution >= 0.6 is 7.82 Å². The SMILES string of the molecule is CCCCCCCCCCCCCC(=O)NOP(=O)(O)OCCC. The van der Waals surface area contributed by atoms with E-state index in [1.54, 1.807) is 0 Å². The van der Waals surface area contributed by atoms with E-state index in [0.29, 0.717) is 12.8 Å². The van der Waals surface area contributed by atoms with E-state index in [0.717, 1.165) is 19.3 Å². The van der Waals surface area contributed by atoms with E-state index in [1.165, 1.54) is 51.4 Å². The standard InChI is InChI=1S/C17H36NO5P/c1-3-5-6-7-8-9-10-11-12-13-14-15-17(19)18-23-24(20,21)22-16-4-2/h3-16H2,1-2H3,(H,18,19)(H,20,21). The Kier molecular flexibility index (Phi) is 15.8. The molecular weight excluding hydrogens is 329 g/mol. The first-order valence-electron chi connectivity index (χ1n) is 9.46. The number of hydrogen-bond donors (Lipinski definition) is 2. The zero-order chi connectivity index (χ0) is 18.1. The first-order valence-corrected chi connectivity index (χ1v) is 11.0. The second kappa shape index (κ2) is 16.1. The number of rotatable bonds is 17. The normalized spacial score (nSPS) is 13.6. The highest BCUT2D eigenvalue weighted by atomic mass is 31.2. The lowest BCUT2D eigenvalue weighted by Gasteiger charge is -2.11. The Morgan fingerprint density at radius 2 is 1.38 bits per heavy atom. The number of hydroxylamine groups is 1. The lowest BCUT2D eigenvalue weighted by molar-refractivity contribution is -0.128. The van der Waals surface area contributed by atoms with Crippen molar-refractivity contribution in [2.45, 2.75) is 97.3 Å². The number of carbonyl (C=O) groups is 1. The molecule has 0 radical (unpaired) electrons. The zero-order valence-corrected chi connectivity index (χ0v) is 16.3. The number of nitrogens with one attached hydrogen (secondary N) is 1. The van der Waals surface area contributed by atoms with E-state index in [-0.39, 0.29) is 12.5 Å². The van der Waals surface area contributed by atoms with Crippen LogP contribution in [0.4, 0.5) is 0 Å². The molecule has 0 bridgehead atoms. The van der Waals surface area contributed by atoms with Crippen LogP contribution in [0.1, 0.15) is 97.3 Å². The van der Waals surface area contributed by atoms with E-state index >= 15 is 0 Å². The maximum Gasteiger partial charge on any atom is 0.493 e. The van der Waals surface area contributed by atoms with E-state index in [1.807, 2.05) is 12.4 Å². The molecule has 6 nitrogen and oxygen atoms in total. The maximum absolute atomic E-state index is 11.5. The number of carbonyl (C=O) groups excluding carboxylic acids is 1. The van der Waals surface area contributed by atoms with Crippen molar-refractivity contribution in [3.63, 3.8) is 0 Å². The molecule has 0 spiro atoms. The second-order valence-electron chi connectivity index (χ2n) is 6.20. The van der Waals surface area contributed by atoms with Gasteiger partial charge < -0.3 is 4.89 Å². The van der Waals surface area contributed by atoms with Crippen molar-refractivity contribution in [3.8, 4) is 0 Å². The molecule has 0 rings (SSSR count). The molecule has 0 aromatic rings. The summed E-state index contributed by atoms with van der Waals surface area (Å²) >= 11 is 0. The molecule has 0 heterocycles. The van der Waals surface area contributed by atoms with Gasteiger partial charge in [-0.3, -0.25) is 9.32 Å². The topological polar surface area (TPSA) is 84.9 Å². The largest absolute Gasteiger partial charge is 0.493 e. The minimum atomic E-state index is -4.16. The van der Waals surface area contributed by atoms with Crippen molar-refractivity contribution in [2.24, 2.45) is 0 Å². The molecule has 7 heteroatoms. The quantitative estimate of drug-likeness (QED) is 0.209. The molecule has 1 atom stereocenters. The third kappa shape index (κ3) is 16.4. The molecule has 0 aliphatic carbocycles. The lowest BCUT2D eigenvalue weighted by atomic mass is 10.1. The van der Waals surface area contributed by atoms with Gasteiger partial charge >= 0.3 is 7.82 Å². The fourth-order valence-corrected chi connectivity index (χ4v) is 3.03. The van der Waals surface area contributed by atoms with Gasteiger partial charge in [-0.2, -0.15) is 4.62 Å². The molecule has 2 N–H and O–H groups in total.